The zero-order chi connectivity index (χ0) is 19.6. The summed E-state index contributed by atoms with van der Waals surface area (Å²) in [6.07, 6.45) is 1.03. The first kappa shape index (κ1) is 19.5. The summed E-state index contributed by atoms with van der Waals surface area (Å²) in [6, 6.07) is 7.95. The second kappa shape index (κ2) is 7.79. The number of rotatable bonds is 2. The van der Waals surface area contributed by atoms with E-state index in [-0.39, 0.29) is 24.0 Å². The lowest BCUT2D eigenvalue weighted by molar-refractivity contribution is -0.136. The monoisotopic (exact) mass is 374 g/mol. The van der Waals surface area contributed by atoms with Crippen LogP contribution < -0.4 is 4.74 Å². The molecule has 1 aromatic carbocycles. The van der Waals surface area contributed by atoms with Crippen molar-refractivity contribution in [3.8, 4) is 5.75 Å². The van der Waals surface area contributed by atoms with Crippen molar-refractivity contribution in [3.63, 3.8) is 0 Å². The minimum absolute atomic E-state index is 0.0196. The van der Waals surface area contributed by atoms with E-state index >= 15 is 0 Å². The van der Waals surface area contributed by atoms with Gasteiger partial charge >= 0.3 is 6.09 Å². The van der Waals surface area contributed by atoms with E-state index in [0.29, 0.717) is 32.7 Å². The summed E-state index contributed by atoms with van der Waals surface area (Å²) in [5.74, 6) is 1.23. The lowest BCUT2D eigenvalue weighted by Crippen LogP contribution is -2.56. The smallest absolute Gasteiger partial charge is 0.410 e. The minimum Gasteiger partial charge on any atom is -0.493 e. The highest BCUT2D eigenvalue weighted by Gasteiger charge is 2.33. The molecular formula is C21H30N2O4. The van der Waals surface area contributed by atoms with Gasteiger partial charge < -0.3 is 19.3 Å². The van der Waals surface area contributed by atoms with Crippen LogP contribution in [-0.2, 0) is 9.53 Å². The highest BCUT2D eigenvalue weighted by molar-refractivity contribution is 5.78. The molecule has 0 radical (unpaired) electrons. The summed E-state index contributed by atoms with van der Waals surface area (Å²) >= 11 is 0. The number of carbonyl (C=O) groups excluding carboxylic acids is 2. The van der Waals surface area contributed by atoms with Crippen molar-refractivity contribution >= 4 is 12.0 Å². The number of nitrogens with zero attached hydrogens (tertiary/aromatic N) is 2. The van der Waals surface area contributed by atoms with Gasteiger partial charge in [0.05, 0.1) is 6.61 Å². The molecule has 2 amide bonds. The van der Waals surface area contributed by atoms with Crippen LogP contribution in [0.15, 0.2) is 24.3 Å². The van der Waals surface area contributed by atoms with E-state index in [4.69, 9.17) is 9.47 Å². The van der Waals surface area contributed by atoms with Crippen molar-refractivity contribution < 1.29 is 19.1 Å². The number of piperazine rings is 1. The van der Waals surface area contributed by atoms with Gasteiger partial charge in [-0.2, -0.15) is 0 Å². The third-order valence-corrected chi connectivity index (χ3v) is 5.10. The maximum atomic E-state index is 12.9. The second-order valence-corrected chi connectivity index (χ2v) is 8.44. The van der Waals surface area contributed by atoms with Crippen LogP contribution in [-0.4, -0.2) is 59.7 Å². The van der Waals surface area contributed by atoms with Crippen LogP contribution in [0.1, 0.15) is 52.0 Å². The third-order valence-electron chi connectivity index (χ3n) is 5.10. The van der Waals surface area contributed by atoms with Gasteiger partial charge in [0.15, 0.2) is 0 Å². The van der Waals surface area contributed by atoms with E-state index in [9.17, 15) is 9.59 Å². The lowest BCUT2D eigenvalue weighted by atomic mass is 9.89. The van der Waals surface area contributed by atoms with Crippen LogP contribution in [0.3, 0.4) is 0 Å². The molecule has 1 aromatic rings. The van der Waals surface area contributed by atoms with Gasteiger partial charge in [0.25, 0.3) is 0 Å². The number of hydrogen-bond donors (Lipinski definition) is 0. The molecule has 1 saturated heterocycles. The van der Waals surface area contributed by atoms with Gasteiger partial charge in [-0.05, 0) is 51.7 Å². The van der Waals surface area contributed by atoms with Crippen LogP contribution in [0.2, 0.25) is 0 Å². The normalized spacial score (nSPS) is 22.7. The largest absolute Gasteiger partial charge is 0.493 e. The molecular weight excluding hydrogens is 344 g/mol. The molecule has 0 aromatic heterocycles. The molecule has 1 fully saturated rings. The van der Waals surface area contributed by atoms with Crippen LogP contribution in [0.5, 0.6) is 5.75 Å². The Morgan fingerprint density at radius 1 is 1.22 bits per heavy atom. The number of amides is 2. The molecule has 6 heteroatoms. The molecule has 148 valence electrons. The van der Waals surface area contributed by atoms with Crippen molar-refractivity contribution in [2.45, 2.75) is 58.1 Å². The van der Waals surface area contributed by atoms with Crippen molar-refractivity contribution in [1.29, 1.82) is 0 Å². The third kappa shape index (κ3) is 4.73. The molecule has 0 N–H and O–H groups in total. The van der Waals surface area contributed by atoms with E-state index in [1.54, 1.807) is 4.90 Å². The summed E-state index contributed by atoms with van der Waals surface area (Å²) in [5.41, 5.74) is 0.612. The van der Waals surface area contributed by atoms with Gasteiger partial charge in [-0.25, -0.2) is 4.79 Å². The summed E-state index contributed by atoms with van der Waals surface area (Å²) < 4.78 is 11.2. The standard InChI is InChI=1S/C21H30N2O4/c1-15-14-22(20(25)27-21(2,3)4)10-11-23(15)19(24)13-16-9-12-26-18-8-6-5-7-17(16)18/h5-8,15-16H,9-14H2,1-4H3/t15-,16-/m0/s1. The number of para-hydroxylation sites is 1. The molecule has 0 aliphatic carbocycles. The number of hydrogen-bond acceptors (Lipinski definition) is 4. The average molecular weight is 374 g/mol. The zero-order valence-corrected chi connectivity index (χ0v) is 16.7. The Morgan fingerprint density at radius 3 is 2.67 bits per heavy atom. The fraction of sp³-hybridized carbons (Fsp3) is 0.619. The Bertz CT molecular complexity index is 698. The summed E-state index contributed by atoms with van der Waals surface area (Å²) in [6.45, 7) is 9.78. The second-order valence-electron chi connectivity index (χ2n) is 8.44. The Morgan fingerprint density at radius 2 is 1.96 bits per heavy atom. The number of fused-ring (bicyclic) bond motifs is 1. The highest BCUT2D eigenvalue weighted by atomic mass is 16.6. The van der Waals surface area contributed by atoms with Crippen molar-refractivity contribution in [3.05, 3.63) is 29.8 Å². The van der Waals surface area contributed by atoms with Gasteiger partial charge in [0.2, 0.25) is 5.91 Å². The average Bonchev–Trinajstić information content (AvgIpc) is 2.60. The van der Waals surface area contributed by atoms with Crippen LogP contribution in [0.25, 0.3) is 0 Å². The first-order chi connectivity index (χ1) is 12.7. The first-order valence-electron chi connectivity index (χ1n) is 9.74. The molecule has 3 rings (SSSR count). The number of carbonyl (C=O) groups is 2. The van der Waals surface area contributed by atoms with Gasteiger partial charge in [0.1, 0.15) is 11.4 Å². The maximum absolute atomic E-state index is 12.9. The Kier molecular flexibility index (Phi) is 5.63. The van der Waals surface area contributed by atoms with Gasteiger partial charge in [-0.1, -0.05) is 18.2 Å². The predicted octanol–water partition coefficient (Wildman–Crippen LogP) is 3.41. The van der Waals surface area contributed by atoms with E-state index in [2.05, 4.69) is 6.07 Å². The fourth-order valence-electron chi connectivity index (χ4n) is 3.78. The molecule has 0 unspecified atom stereocenters. The van der Waals surface area contributed by atoms with Crippen molar-refractivity contribution in [2.24, 2.45) is 0 Å². The van der Waals surface area contributed by atoms with Crippen LogP contribution >= 0.6 is 0 Å². The Hall–Kier alpha value is -2.24. The van der Waals surface area contributed by atoms with Gasteiger partial charge in [-0.3, -0.25) is 4.79 Å². The zero-order valence-electron chi connectivity index (χ0n) is 16.7. The molecule has 6 nitrogen and oxygen atoms in total. The molecule has 2 aliphatic rings. The van der Waals surface area contributed by atoms with Crippen LogP contribution in [0.4, 0.5) is 4.79 Å². The first-order valence-corrected chi connectivity index (χ1v) is 9.74. The molecule has 0 spiro atoms. The SMILES string of the molecule is C[C@H]1CN(C(=O)OC(C)(C)C)CCN1C(=O)C[C@@H]1CCOc2ccccc21. The molecule has 0 saturated carbocycles. The lowest BCUT2D eigenvalue weighted by Gasteiger charge is -2.40. The molecule has 2 heterocycles. The van der Waals surface area contributed by atoms with E-state index < -0.39 is 5.60 Å². The number of benzene rings is 1. The van der Waals surface area contributed by atoms with Gasteiger partial charge in [0, 0.05) is 32.1 Å². The van der Waals surface area contributed by atoms with Crippen LogP contribution in [0, 0.1) is 0 Å². The molecule has 2 atom stereocenters. The molecule has 0 bridgehead atoms. The molecule has 2 aliphatic heterocycles. The minimum atomic E-state index is -0.510. The highest BCUT2D eigenvalue weighted by Crippen LogP contribution is 2.36. The molecule has 27 heavy (non-hydrogen) atoms. The Balaban J connectivity index is 1.59. The quantitative estimate of drug-likeness (QED) is 0.796. The van der Waals surface area contributed by atoms with Crippen molar-refractivity contribution in [1.82, 2.24) is 9.80 Å². The number of ether oxygens (including phenoxy) is 2. The topological polar surface area (TPSA) is 59.1 Å². The predicted molar refractivity (Wildman–Crippen MR) is 103 cm³/mol. The fourth-order valence-corrected chi connectivity index (χ4v) is 3.78. The van der Waals surface area contributed by atoms with Gasteiger partial charge in [-0.15, -0.1) is 0 Å². The van der Waals surface area contributed by atoms with Crippen molar-refractivity contribution in [2.75, 3.05) is 26.2 Å². The maximum Gasteiger partial charge on any atom is 0.410 e. The Labute approximate surface area is 161 Å². The van der Waals surface area contributed by atoms with E-state index in [1.165, 1.54) is 0 Å². The van der Waals surface area contributed by atoms with E-state index in [1.807, 2.05) is 50.8 Å². The summed E-state index contributed by atoms with van der Waals surface area (Å²) in [4.78, 5) is 28.8. The summed E-state index contributed by atoms with van der Waals surface area (Å²) in [5, 5.41) is 0. The summed E-state index contributed by atoms with van der Waals surface area (Å²) in [7, 11) is 0. The van der Waals surface area contributed by atoms with E-state index in [0.717, 1.165) is 17.7 Å².